The number of hydrogen-bond acceptors (Lipinski definition) is 2. The van der Waals surface area contributed by atoms with Crippen molar-refractivity contribution in [1.29, 1.82) is 0 Å². The van der Waals surface area contributed by atoms with Crippen LogP contribution in [0.5, 0.6) is 0 Å². The molecule has 0 amide bonds. The first kappa shape index (κ1) is 16.7. The molecule has 2 unspecified atom stereocenters. The van der Waals surface area contributed by atoms with Gasteiger partial charge >= 0.3 is 0 Å². The van der Waals surface area contributed by atoms with E-state index < -0.39 is 16.0 Å². The molecule has 0 saturated carbocycles. The number of Topliss-reactive ketones (excluding diaryl/α,β-unsaturated/α-hetero) is 1. The molecule has 0 aliphatic heterocycles. The third kappa shape index (κ3) is 3.95. The van der Waals surface area contributed by atoms with Gasteiger partial charge in [0.2, 0.25) is 0 Å². The molecule has 0 saturated heterocycles. The fraction of sp³-hybridized carbons (Fsp3) is 0.133. The van der Waals surface area contributed by atoms with Crippen molar-refractivity contribution in [3.63, 3.8) is 0 Å². The summed E-state index contributed by atoms with van der Waals surface area (Å²) in [6.07, 6.45) is 0. The van der Waals surface area contributed by atoms with Gasteiger partial charge in [-0.2, -0.15) is 0 Å². The zero-order chi connectivity index (χ0) is 15.6. The summed E-state index contributed by atoms with van der Waals surface area (Å²) in [7, 11) is -1.45. The molecule has 0 radical (unpaired) electrons. The highest BCUT2D eigenvalue weighted by Gasteiger charge is 2.24. The summed E-state index contributed by atoms with van der Waals surface area (Å²) in [4.78, 5) is 13.0. The van der Waals surface area contributed by atoms with E-state index in [0.29, 0.717) is 15.5 Å². The summed E-state index contributed by atoms with van der Waals surface area (Å²) in [5, 5.41) is 0.0286. The van der Waals surface area contributed by atoms with Crippen molar-refractivity contribution in [2.45, 2.75) is 17.1 Å². The third-order valence-corrected chi connectivity index (χ3v) is 5.53. The predicted molar refractivity (Wildman–Crippen MR) is 90.8 cm³/mol. The third-order valence-electron chi connectivity index (χ3n) is 2.92. The average molecular weight is 406 g/mol. The van der Waals surface area contributed by atoms with Crippen molar-refractivity contribution < 1.29 is 9.00 Å². The second-order valence-electron chi connectivity index (χ2n) is 4.39. The predicted octanol–water partition coefficient (Wildman–Crippen LogP) is 5.13. The van der Waals surface area contributed by atoms with Crippen LogP contribution in [-0.2, 0) is 10.8 Å². The van der Waals surface area contributed by atoms with Crippen LogP contribution in [0.4, 0.5) is 0 Å². The maximum atomic E-state index is 12.5. The minimum atomic E-state index is -1.45. The Morgan fingerprint density at radius 1 is 1.19 bits per heavy atom. The van der Waals surface area contributed by atoms with Gasteiger partial charge in [-0.1, -0.05) is 45.2 Å². The van der Waals surface area contributed by atoms with E-state index in [1.165, 1.54) is 6.07 Å². The Kier molecular flexibility index (Phi) is 5.60. The number of benzene rings is 2. The molecule has 110 valence electrons. The first-order chi connectivity index (χ1) is 9.90. The number of carbonyl (C=O) groups is 1. The Bertz CT molecular complexity index is 719. The standard InChI is InChI=1S/C15H11BrCl2O2S/c1-9(21(20)12-4-2-3-10(16)7-12)15(19)13-6-5-11(17)8-14(13)18/h2-9H,1H3. The van der Waals surface area contributed by atoms with Gasteiger partial charge in [0.15, 0.2) is 5.78 Å². The number of halogens is 3. The monoisotopic (exact) mass is 404 g/mol. The number of ketones is 1. The van der Waals surface area contributed by atoms with Crippen LogP contribution in [0.15, 0.2) is 51.8 Å². The molecule has 2 rings (SSSR count). The average Bonchev–Trinajstić information content (AvgIpc) is 2.45. The van der Waals surface area contributed by atoms with Gasteiger partial charge in [0.25, 0.3) is 0 Å². The van der Waals surface area contributed by atoms with Crippen LogP contribution < -0.4 is 0 Å². The van der Waals surface area contributed by atoms with Crippen molar-refractivity contribution in [2.75, 3.05) is 0 Å². The Labute approximate surface area is 144 Å². The number of carbonyl (C=O) groups excluding carboxylic acids is 1. The van der Waals surface area contributed by atoms with Crippen LogP contribution in [0.1, 0.15) is 17.3 Å². The van der Waals surface area contributed by atoms with Crippen LogP contribution in [0.25, 0.3) is 0 Å². The van der Waals surface area contributed by atoms with Gasteiger partial charge in [-0.05, 0) is 43.3 Å². The maximum absolute atomic E-state index is 12.5. The van der Waals surface area contributed by atoms with Gasteiger partial charge in [-0.25, -0.2) is 0 Å². The maximum Gasteiger partial charge on any atom is 0.179 e. The fourth-order valence-electron chi connectivity index (χ4n) is 1.80. The first-order valence-corrected chi connectivity index (χ1v) is 8.81. The largest absolute Gasteiger partial charge is 0.293 e. The number of rotatable bonds is 4. The lowest BCUT2D eigenvalue weighted by Crippen LogP contribution is -2.23. The molecule has 0 spiro atoms. The van der Waals surface area contributed by atoms with Gasteiger partial charge in [0.1, 0.15) is 0 Å². The summed E-state index contributed by atoms with van der Waals surface area (Å²) in [5.41, 5.74) is 0.330. The lowest BCUT2D eigenvalue weighted by Gasteiger charge is -2.12. The highest BCUT2D eigenvalue weighted by molar-refractivity contribution is 9.10. The minimum Gasteiger partial charge on any atom is -0.293 e. The smallest absolute Gasteiger partial charge is 0.179 e. The number of hydrogen-bond donors (Lipinski definition) is 0. The van der Waals surface area contributed by atoms with Gasteiger partial charge in [0.05, 0.1) is 21.1 Å². The topological polar surface area (TPSA) is 34.1 Å². The highest BCUT2D eigenvalue weighted by atomic mass is 79.9. The van der Waals surface area contributed by atoms with E-state index in [1.54, 1.807) is 37.3 Å². The molecule has 0 aromatic heterocycles. The normalized spacial score (nSPS) is 13.7. The van der Waals surface area contributed by atoms with Crippen molar-refractivity contribution in [2.24, 2.45) is 0 Å². The zero-order valence-corrected chi connectivity index (χ0v) is 14.9. The molecule has 2 atom stereocenters. The van der Waals surface area contributed by atoms with Crippen LogP contribution in [-0.4, -0.2) is 15.2 Å². The molecule has 0 N–H and O–H groups in total. The first-order valence-electron chi connectivity index (χ1n) is 6.05. The lowest BCUT2D eigenvalue weighted by atomic mass is 10.1. The van der Waals surface area contributed by atoms with Gasteiger partial charge < -0.3 is 0 Å². The summed E-state index contributed by atoms with van der Waals surface area (Å²) in [6.45, 7) is 1.63. The fourth-order valence-corrected chi connectivity index (χ4v) is 4.04. The van der Waals surface area contributed by atoms with E-state index in [0.717, 1.165) is 4.47 Å². The SMILES string of the molecule is CC(C(=O)c1ccc(Cl)cc1Cl)S(=O)c1cccc(Br)c1. The Hall–Kier alpha value is -0.680. The summed E-state index contributed by atoms with van der Waals surface area (Å²) >= 11 is 15.2. The molecule has 0 heterocycles. The van der Waals surface area contributed by atoms with E-state index in [9.17, 15) is 9.00 Å². The molecule has 21 heavy (non-hydrogen) atoms. The van der Waals surface area contributed by atoms with Gasteiger partial charge in [-0.3, -0.25) is 9.00 Å². The molecule has 0 bridgehead atoms. The van der Waals surface area contributed by atoms with E-state index >= 15 is 0 Å². The summed E-state index contributed by atoms with van der Waals surface area (Å²) in [6, 6.07) is 11.7. The lowest BCUT2D eigenvalue weighted by molar-refractivity contribution is 0.0993. The molecule has 2 aromatic carbocycles. The molecule has 2 aromatic rings. The van der Waals surface area contributed by atoms with Crippen LogP contribution in [0.2, 0.25) is 10.0 Å². The van der Waals surface area contributed by atoms with Crippen molar-refractivity contribution in [1.82, 2.24) is 0 Å². The van der Waals surface area contributed by atoms with Crippen LogP contribution in [0, 0.1) is 0 Å². The van der Waals surface area contributed by atoms with Crippen molar-refractivity contribution >= 4 is 55.7 Å². The molecule has 6 heteroatoms. The molecule has 2 nitrogen and oxygen atoms in total. The Morgan fingerprint density at radius 2 is 1.90 bits per heavy atom. The Balaban J connectivity index is 2.28. The summed E-state index contributed by atoms with van der Waals surface area (Å²) < 4.78 is 13.3. The molecule has 0 aliphatic carbocycles. The van der Waals surface area contributed by atoms with E-state index in [2.05, 4.69) is 15.9 Å². The molecular weight excluding hydrogens is 395 g/mol. The van der Waals surface area contributed by atoms with Crippen molar-refractivity contribution in [3.05, 3.63) is 62.5 Å². The Morgan fingerprint density at radius 3 is 2.52 bits per heavy atom. The van der Waals surface area contributed by atoms with E-state index in [1.807, 2.05) is 6.07 Å². The minimum absolute atomic E-state index is 0.269. The summed E-state index contributed by atoms with van der Waals surface area (Å²) in [5.74, 6) is -0.269. The second-order valence-corrected chi connectivity index (χ2v) is 7.92. The van der Waals surface area contributed by atoms with E-state index in [-0.39, 0.29) is 10.8 Å². The van der Waals surface area contributed by atoms with E-state index in [4.69, 9.17) is 23.2 Å². The van der Waals surface area contributed by atoms with Gasteiger partial charge in [0, 0.05) is 20.0 Å². The molecule has 0 fully saturated rings. The quantitative estimate of drug-likeness (QED) is 0.660. The van der Waals surface area contributed by atoms with Crippen molar-refractivity contribution in [3.8, 4) is 0 Å². The molecular formula is C15H11BrCl2O2S. The second kappa shape index (κ2) is 7.05. The molecule has 0 aliphatic rings. The van der Waals surface area contributed by atoms with Crippen LogP contribution >= 0.6 is 39.1 Å². The van der Waals surface area contributed by atoms with Crippen LogP contribution in [0.3, 0.4) is 0 Å². The zero-order valence-electron chi connectivity index (χ0n) is 11.0. The highest BCUT2D eigenvalue weighted by Crippen LogP contribution is 2.25. The van der Waals surface area contributed by atoms with Gasteiger partial charge in [-0.15, -0.1) is 0 Å².